The molecule has 0 N–H and O–H groups in total. The summed E-state index contributed by atoms with van der Waals surface area (Å²) in [4.78, 5) is 6.90. The molecule has 0 spiro atoms. The maximum atomic E-state index is 9.04. The van der Waals surface area contributed by atoms with Gasteiger partial charge in [0.05, 0.1) is 22.4 Å². The van der Waals surface area contributed by atoms with Crippen LogP contribution >= 0.6 is 11.3 Å². The summed E-state index contributed by atoms with van der Waals surface area (Å²) in [5.74, 6) is 0.144. The zero-order chi connectivity index (χ0) is 12.7. The fourth-order valence-electron chi connectivity index (χ4n) is 2.47. The number of fused-ring (bicyclic) bond motifs is 1. The third-order valence-corrected chi connectivity index (χ3v) is 4.62. The van der Waals surface area contributed by atoms with Crippen LogP contribution in [-0.2, 0) is 7.05 Å². The maximum absolute atomic E-state index is 9.04. The van der Waals surface area contributed by atoms with Crippen molar-refractivity contribution in [3.05, 3.63) is 5.69 Å². The van der Waals surface area contributed by atoms with Crippen molar-refractivity contribution >= 4 is 26.8 Å². The summed E-state index contributed by atoms with van der Waals surface area (Å²) in [5, 5.41) is 14.4. The van der Waals surface area contributed by atoms with Gasteiger partial charge in [0.15, 0.2) is 10.8 Å². The monoisotopic (exact) mass is 261 g/mol. The van der Waals surface area contributed by atoms with Gasteiger partial charge < -0.3 is 4.90 Å². The minimum atomic E-state index is 0.144. The molecule has 1 aliphatic rings. The molecule has 0 amide bonds. The van der Waals surface area contributed by atoms with Gasteiger partial charge >= 0.3 is 0 Å². The molecule has 3 heterocycles. The second-order valence-corrected chi connectivity index (χ2v) is 5.75. The number of anilines is 1. The van der Waals surface area contributed by atoms with E-state index in [1.165, 1.54) is 0 Å². The van der Waals surface area contributed by atoms with E-state index in [4.69, 9.17) is 5.26 Å². The molecule has 3 rings (SSSR count). The molecule has 5 nitrogen and oxygen atoms in total. The standard InChI is InChI=1S/C12H15N5S/c1-8-10-11(16(2)15-8)14-12(18-10)17-5-3-4-9(6-13)7-17/h9H,3-5,7H2,1-2H3. The van der Waals surface area contributed by atoms with Gasteiger partial charge in [-0.05, 0) is 19.8 Å². The molecule has 1 fully saturated rings. The van der Waals surface area contributed by atoms with Crippen molar-refractivity contribution in [1.29, 1.82) is 5.26 Å². The number of aryl methyl sites for hydroxylation is 2. The number of thiazole rings is 1. The Labute approximate surface area is 110 Å². The average Bonchev–Trinajstić information content (AvgIpc) is 2.93. The minimum absolute atomic E-state index is 0.144. The molecule has 6 heteroatoms. The molecular formula is C12H15N5S. The van der Waals surface area contributed by atoms with E-state index in [0.717, 1.165) is 47.1 Å². The van der Waals surface area contributed by atoms with E-state index < -0.39 is 0 Å². The van der Waals surface area contributed by atoms with E-state index in [1.54, 1.807) is 11.3 Å². The van der Waals surface area contributed by atoms with Crippen LogP contribution in [0.3, 0.4) is 0 Å². The van der Waals surface area contributed by atoms with Crippen LogP contribution < -0.4 is 4.90 Å². The molecule has 18 heavy (non-hydrogen) atoms. The third kappa shape index (κ3) is 1.75. The summed E-state index contributed by atoms with van der Waals surface area (Å²) < 4.78 is 2.99. The quantitative estimate of drug-likeness (QED) is 0.788. The Hall–Kier alpha value is -1.61. The van der Waals surface area contributed by atoms with Gasteiger partial charge in [0, 0.05) is 20.1 Å². The summed E-state index contributed by atoms with van der Waals surface area (Å²) in [6.45, 7) is 3.83. The van der Waals surface area contributed by atoms with Gasteiger partial charge in [0.25, 0.3) is 0 Å². The van der Waals surface area contributed by atoms with Crippen molar-refractivity contribution < 1.29 is 0 Å². The van der Waals surface area contributed by atoms with Crippen LogP contribution in [0.1, 0.15) is 18.5 Å². The predicted molar refractivity (Wildman–Crippen MR) is 71.7 cm³/mol. The molecule has 1 saturated heterocycles. The van der Waals surface area contributed by atoms with E-state index in [-0.39, 0.29) is 5.92 Å². The van der Waals surface area contributed by atoms with E-state index >= 15 is 0 Å². The first-order valence-electron chi connectivity index (χ1n) is 6.13. The molecule has 1 unspecified atom stereocenters. The van der Waals surface area contributed by atoms with E-state index in [9.17, 15) is 0 Å². The molecule has 0 bridgehead atoms. The Kier molecular flexibility index (Phi) is 2.71. The second kappa shape index (κ2) is 4.25. The second-order valence-electron chi connectivity index (χ2n) is 4.77. The zero-order valence-electron chi connectivity index (χ0n) is 10.6. The molecule has 0 saturated carbocycles. The Bertz CT molecular complexity index is 586. The van der Waals surface area contributed by atoms with Crippen molar-refractivity contribution in [3.63, 3.8) is 0 Å². The van der Waals surface area contributed by atoms with Gasteiger partial charge in [0.2, 0.25) is 0 Å². The lowest BCUT2D eigenvalue weighted by Gasteiger charge is -2.28. The fraction of sp³-hybridized carbons (Fsp3) is 0.583. The van der Waals surface area contributed by atoms with E-state index in [2.05, 4.69) is 21.1 Å². The van der Waals surface area contributed by atoms with Crippen LogP contribution in [0, 0.1) is 24.2 Å². The topological polar surface area (TPSA) is 57.7 Å². The van der Waals surface area contributed by atoms with Crippen molar-refractivity contribution in [3.8, 4) is 6.07 Å². The number of aromatic nitrogens is 3. The average molecular weight is 261 g/mol. The number of nitrogens with zero attached hydrogens (tertiary/aromatic N) is 5. The number of nitriles is 1. The first kappa shape index (κ1) is 11.5. The highest BCUT2D eigenvalue weighted by molar-refractivity contribution is 7.22. The van der Waals surface area contributed by atoms with Crippen LogP contribution in [0.5, 0.6) is 0 Å². The third-order valence-electron chi connectivity index (χ3n) is 3.41. The Morgan fingerprint density at radius 1 is 1.50 bits per heavy atom. The number of rotatable bonds is 1. The van der Waals surface area contributed by atoms with Gasteiger partial charge in [-0.3, -0.25) is 0 Å². The minimum Gasteiger partial charge on any atom is -0.347 e. The number of piperidine rings is 1. The highest BCUT2D eigenvalue weighted by atomic mass is 32.1. The van der Waals surface area contributed by atoms with Gasteiger partial charge in [-0.25, -0.2) is 9.67 Å². The summed E-state index contributed by atoms with van der Waals surface area (Å²) in [6.07, 6.45) is 2.09. The lowest BCUT2D eigenvalue weighted by atomic mass is 10.0. The molecule has 0 aromatic carbocycles. The molecule has 0 radical (unpaired) electrons. The van der Waals surface area contributed by atoms with Crippen LogP contribution in [-0.4, -0.2) is 27.9 Å². The number of hydrogen-bond acceptors (Lipinski definition) is 5. The summed E-state index contributed by atoms with van der Waals surface area (Å²) >= 11 is 1.69. The smallest absolute Gasteiger partial charge is 0.188 e. The molecule has 1 aliphatic heterocycles. The van der Waals surface area contributed by atoms with Crippen molar-refractivity contribution in [2.75, 3.05) is 18.0 Å². The van der Waals surface area contributed by atoms with Crippen LogP contribution in [0.15, 0.2) is 0 Å². The normalized spacial score (nSPS) is 20.3. The summed E-state index contributed by atoms with van der Waals surface area (Å²) in [7, 11) is 1.92. The number of hydrogen-bond donors (Lipinski definition) is 0. The summed E-state index contributed by atoms with van der Waals surface area (Å²) in [5.41, 5.74) is 1.98. The molecule has 1 atom stereocenters. The zero-order valence-corrected chi connectivity index (χ0v) is 11.4. The highest BCUT2D eigenvalue weighted by Crippen LogP contribution is 2.32. The van der Waals surface area contributed by atoms with Crippen molar-refractivity contribution in [1.82, 2.24) is 14.8 Å². The predicted octanol–water partition coefficient (Wildman–Crippen LogP) is 2.08. The summed E-state index contributed by atoms with van der Waals surface area (Å²) in [6, 6.07) is 2.37. The van der Waals surface area contributed by atoms with Gasteiger partial charge in [-0.1, -0.05) is 11.3 Å². The fourth-order valence-corrected chi connectivity index (χ4v) is 3.53. The lowest BCUT2D eigenvalue weighted by Crippen LogP contribution is -2.34. The molecule has 2 aromatic heterocycles. The van der Waals surface area contributed by atoms with Gasteiger partial charge in [-0.2, -0.15) is 10.4 Å². The van der Waals surface area contributed by atoms with Crippen molar-refractivity contribution in [2.24, 2.45) is 13.0 Å². The molecule has 94 valence electrons. The van der Waals surface area contributed by atoms with Crippen molar-refractivity contribution in [2.45, 2.75) is 19.8 Å². The molecule has 0 aliphatic carbocycles. The first-order valence-corrected chi connectivity index (χ1v) is 6.95. The first-order chi connectivity index (χ1) is 8.69. The lowest BCUT2D eigenvalue weighted by molar-refractivity contribution is 0.493. The Morgan fingerprint density at radius 2 is 2.33 bits per heavy atom. The van der Waals surface area contributed by atoms with Gasteiger partial charge in [-0.15, -0.1) is 0 Å². The Balaban J connectivity index is 1.95. The van der Waals surface area contributed by atoms with E-state index in [0.29, 0.717) is 0 Å². The van der Waals surface area contributed by atoms with E-state index in [1.807, 2.05) is 18.7 Å². The molecular weight excluding hydrogens is 246 g/mol. The SMILES string of the molecule is Cc1nn(C)c2nc(N3CCCC(C#N)C3)sc12. The van der Waals surface area contributed by atoms with Crippen LogP contribution in [0.2, 0.25) is 0 Å². The van der Waals surface area contributed by atoms with Crippen LogP contribution in [0.4, 0.5) is 5.13 Å². The molecule has 2 aromatic rings. The maximum Gasteiger partial charge on any atom is 0.188 e. The highest BCUT2D eigenvalue weighted by Gasteiger charge is 2.23. The Morgan fingerprint density at radius 3 is 3.06 bits per heavy atom. The van der Waals surface area contributed by atoms with Crippen LogP contribution in [0.25, 0.3) is 10.3 Å². The van der Waals surface area contributed by atoms with Gasteiger partial charge in [0.1, 0.15) is 0 Å². The largest absolute Gasteiger partial charge is 0.347 e.